The molecule has 0 spiro atoms. The van der Waals surface area contributed by atoms with E-state index in [1.807, 2.05) is 6.20 Å². The summed E-state index contributed by atoms with van der Waals surface area (Å²) >= 11 is 0. The van der Waals surface area contributed by atoms with Gasteiger partial charge in [-0.2, -0.15) is 0 Å². The van der Waals surface area contributed by atoms with Gasteiger partial charge in [0.25, 0.3) is 0 Å². The summed E-state index contributed by atoms with van der Waals surface area (Å²) in [4.78, 5) is 4.43. The zero-order valence-electron chi connectivity index (χ0n) is 8.95. The zero-order valence-corrected chi connectivity index (χ0v) is 8.95. The van der Waals surface area contributed by atoms with E-state index in [9.17, 15) is 0 Å². The van der Waals surface area contributed by atoms with Crippen molar-refractivity contribution < 1.29 is 0 Å². The van der Waals surface area contributed by atoms with E-state index >= 15 is 0 Å². The second-order valence-electron chi connectivity index (χ2n) is 4.74. The fraction of sp³-hybridized carbons (Fsp3) is 0.727. The molecule has 1 aliphatic heterocycles. The molecule has 4 heteroatoms. The van der Waals surface area contributed by atoms with Crippen molar-refractivity contribution in [3.05, 3.63) is 11.9 Å². The van der Waals surface area contributed by atoms with Gasteiger partial charge in [-0.3, -0.25) is 0 Å². The Morgan fingerprint density at radius 2 is 2.20 bits per heavy atom. The van der Waals surface area contributed by atoms with Crippen molar-refractivity contribution >= 4 is 5.95 Å². The summed E-state index contributed by atoms with van der Waals surface area (Å²) in [5, 5.41) is 3.28. The molecule has 1 fully saturated rings. The molecule has 3 N–H and O–H groups in total. The molecule has 1 aliphatic carbocycles. The van der Waals surface area contributed by atoms with Crippen molar-refractivity contribution in [2.75, 3.05) is 11.9 Å². The van der Waals surface area contributed by atoms with Gasteiger partial charge in [0.15, 0.2) is 0 Å². The first-order valence-electron chi connectivity index (χ1n) is 5.89. The molecule has 0 bridgehead atoms. The fourth-order valence-corrected chi connectivity index (χ4v) is 2.79. The summed E-state index contributed by atoms with van der Waals surface area (Å²) in [6.07, 6.45) is 7.41. The highest BCUT2D eigenvalue weighted by molar-refractivity contribution is 5.33. The van der Waals surface area contributed by atoms with Gasteiger partial charge in [0.1, 0.15) is 0 Å². The molecule has 1 aromatic heterocycles. The number of hydrogen-bond donors (Lipinski definition) is 2. The topological polar surface area (TPSA) is 55.9 Å². The standard InChI is InChI=1S/C11H18N4/c12-9-5-13-11-14-6-10(15(11)7-9)8-3-1-2-4-8/h6,8-9H,1-5,7,12H2,(H,13,14). The number of aromatic nitrogens is 2. The van der Waals surface area contributed by atoms with Crippen molar-refractivity contribution in [2.45, 2.75) is 44.2 Å². The van der Waals surface area contributed by atoms with Gasteiger partial charge in [0.2, 0.25) is 5.95 Å². The van der Waals surface area contributed by atoms with Crippen LogP contribution in [0.5, 0.6) is 0 Å². The molecular formula is C11H18N4. The normalized spacial score (nSPS) is 26.3. The van der Waals surface area contributed by atoms with Crippen LogP contribution in [0.1, 0.15) is 37.3 Å². The number of imidazole rings is 1. The molecule has 15 heavy (non-hydrogen) atoms. The molecule has 3 rings (SSSR count). The number of nitrogens with zero attached hydrogens (tertiary/aromatic N) is 2. The Hall–Kier alpha value is -1.03. The monoisotopic (exact) mass is 206 g/mol. The third kappa shape index (κ3) is 1.53. The summed E-state index contributed by atoms with van der Waals surface area (Å²) in [6.45, 7) is 1.77. The van der Waals surface area contributed by atoms with Crippen LogP contribution in [0.4, 0.5) is 5.95 Å². The first-order valence-corrected chi connectivity index (χ1v) is 5.89. The Labute approximate surface area is 89.9 Å². The fourth-order valence-electron chi connectivity index (χ4n) is 2.79. The quantitative estimate of drug-likeness (QED) is 0.728. The van der Waals surface area contributed by atoms with E-state index in [0.29, 0.717) is 0 Å². The average molecular weight is 206 g/mol. The van der Waals surface area contributed by atoms with Gasteiger partial charge in [-0.1, -0.05) is 12.8 Å². The third-order valence-electron chi connectivity index (χ3n) is 3.60. The lowest BCUT2D eigenvalue weighted by atomic mass is 10.0. The second kappa shape index (κ2) is 3.52. The molecule has 0 amide bonds. The molecule has 2 aliphatic rings. The molecule has 82 valence electrons. The summed E-state index contributed by atoms with van der Waals surface area (Å²) in [5.41, 5.74) is 7.36. The first-order chi connectivity index (χ1) is 7.34. The van der Waals surface area contributed by atoms with E-state index in [-0.39, 0.29) is 6.04 Å². The van der Waals surface area contributed by atoms with E-state index in [2.05, 4.69) is 14.9 Å². The molecule has 2 heterocycles. The van der Waals surface area contributed by atoms with Gasteiger partial charge in [0, 0.05) is 30.7 Å². The largest absolute Gasteiger partial charge is 0.354 e. The van der Waals surface area contributed by atoms with Crippen molar-refractivity contribution in [3.63, 3.8) is 0 Å². The van der Waals surface area contributed by atoms with E-state index in [4.69, 9.17) is 5.73 Å². The minimum atomic E-state index is 0.229. The van der Waals surface area contributed by atoms with Crippen LogP contribution in [0.3, 0.4) is 0 Å². The smallest absolute Gasteiger partial charge is 0.203 e. The van der Waals surface area contributed by atoms with Crippen LogP contribution in [0.25, 0.3) is 0 Å². The molecule has 1 saturated carbocycles. The highest BCUT2D eigenvalue weighted by atomic mass is 15.2. The van der Waals surface area contributed by atoms with Crippen LogP contribution in [0.2, 0.25) is 0 Å². The number of anilines is 1. The van der Waals surface area contributed by atoms with E-state index in [0.717, 1.165) is 25.0 Å². The van der Waals surface area contributed by atoms with Crippen LogP contribution in [0.15, 0.2) is 6.20 Å². The summed E-state index contributed by atoms with van der Waals surface area (Å²) in [5.74, 6) is 1.73. The highest BCUT2D eigenvalue weighted by Gasteiger charge is 2.25. The van der Waals surface area contributed by atoms with Crippen LogP contribution in [-0.2, 0) is 6.54 Å². The minimum absolute atomic E-state index is 0.229. The third-order valence-corrected chi connectivity index (χ3v) is 3.60. The van der Waals surface area contributed by atoms with Crippen LogP contribution >= 0.6 is 0 Å². The Morgan fingerprint density at radius 1 is 1.40 bits per heavy atom. The Morgan fingerprint density at radius 3 is 3.00 bits per heavy atom. The SMILES string of the molecule is NC1CNc2ncc(C3CCCC3)n2C1. The minimum Gasteiger partial charge on any atom is -0.354 e. The zero-order chi connectivity index (χ0) is 10.3. The van der Waals surface area contributed by atoms with Crippen molar-refractivity contribution in [1.82, 2.24) is 9.55 Å². The van der Waals surface area contributed by atoms with Crippen molar-refractivity contribution in [3.8, 4) is 0 Å². The highest BCUT2D eigenvalue weighted by Crippen LogP contribution is 2.35. The lowest BCUT2D eigenvalue weighted by Gasteiger charge is -2.24. The lowest BCUT2D eigenvalue weighted by molar-refractivity contribution is 0.510. The van der Waals surface area contributed by atoms with Gasteiger partial charge in [0.05, 0.1) is 6.20 Å². The van der Waals surface area contributed by atoms with Crippen LogP contribution in [-0.4, -0.2) is 22.1 Å². The van der Waals surface area contributed by atoms with Gasteiger partial charge in [-0.15, -0.1) is 0 Å². The summed E-state index contributed by atoms with van der Waals surface area (Å²) in [6, 6.07) is 0.229. The van der Waals surface area contributed by atoms with Gasteiger partial charge in [-0.05, 0) is 12.8 Å². The van der Waals surface area contributed by atoms with Crippen molar-refractivity contribution in [1.29, 1.82) is 0 Å². The van der Waals surface area contributed by atoms with E-state index in [1.165, 1.54) is 31.4 Å². The molecular weight excluding hydrogens is 188 g/mol. The van der Waals surface area contributed by atoms with Crippen LogP contribution < -0.4 is 11.1 Å². The number of nitrogens with one attached hydrogen (secondary N) is 1. The average Bonchev–Trinajstić information content (AvgIpc) is 2.83. The predicted molar refractivity (Wildman–Crippen MR) is 59.9 cm³/mol. The van der Waals surface area contributed by atoms with Gasteiger partial charge < -0.3 is 15.6 Å². The van der Waals surface area contributed by atoms with Gasteiger partial charge in [-0.25, -0.2) is 4.98 Å². The number of rotatable bonds is 1. The molecule has 0 radical (unpaired) electrons. The molecule has 0 aromatic carbocycles. The van der Waals surface area contributed by atoms with Gasteiger partial charge >= 0.3 is 0 Å². The molecule has 4 nitrogen and oxygen atoms in total. The lowest BCUT2D eigenvalue weighted by Crippen LogP contribution is -2.39. The molecule has 0 saturated heterocycles. The van der Waals surface area contributed by atoms with Crippen molar-refractivity contribution in [2.24, 2.45) is 5.73 Å². The Balaban J connectivity index is 1.92. The molecule has 1 atom stereocenters. The van der Waals surface area contributed by atoms with Crippen LogP contribution in [0, 0.1) is 0 Å². The number of hydrogen-bond acceptors (Lipinski definition) is 3. The van der Waals surface area contributed by atoms with E-state index in [1.54, 1.807) is 0 Å². The first kappa shape index (κ1) is 9.21. The molecule has 1 aromatic rings. The predicted octanol–water partition coefficient (Wildman–Crippen LogP) is 1.29. The Bertz CT molecular complexity index is 351. The maximum absolute atomic E-state index is 5.97. The maximum Gasteiger partial charge on any atom is 0.203 e. The molecule has 1 unspecified atom stereocenters. The summed E-state index contributed by atoms with van der Waals surface area (Å²) in [7, 11) is 0. The number of fused-ring (bicyclic) bond motifs is 1. The Kier molecular flexibility index (Phi) is 2.16. The second-order valence-corrected chi connectivity index (χ2v) is 4.74. The summed E-state index contributed by atoms with van der Waals surface area (Å²) < 4.78 is 2.28. The number of nitrogens with two attached hydrogens (primary N) is 1. The maximum atomic E-state index is 5.97. The van der Waals surface area contributed by atoms with E-state index < -0.39 is 0 Å².